The number of carbonyl (C=O) groups is 1. The van der Waals surface area contributed by atoms with E-state index in [1.807, 2.05) is 21.0 Å². The Labute approximate surface area is 148 Å². The van der Waals surface area contributed by atoms with Gasteiger partial charge in [0.15, 0.2) is 6.10 Å². The minimum absolute atomic E-state index is 0.0273. The van der Waals surface area contributed by atoms with Gasteiger partial charge < -0.3 is 29.7 Å². The van der Waals surface area contributed by atoms with Gasteiger partial charge in [0, 0.05) is 31.9 Å². The first kappa shape index (κ1) is 18.0. The molecular formula is C18H28N3O4+. The second-order valence-electron chi connectivity index (χ2n) is 6.73. The van der Waals surface area contributed by atoms with E-state index >= 15 is 0 Å². The first-order valence-electron chi connectivity index (χ1n) is 8.85. The van der Waals surface area contributed by atoms with Crippen LogP contribution in [-0.2, 0) is 20.8 Å². The van der Waals surface area contributed by atoms with Crippen LogP contribution < -0.4 is 15.5 Å². The van der Waals surface area contributed by atoms with Crippen LogP contribution in [0, 0.1) is 0 Å². The zero-order valence-corrected chi connectivity index (χ0v) is 15.1. The number of benzene rings is 1. The summed E-state index contributed by atoms with van der Waals surface area (Å²) in [5, 5.41) is 4.89. The lowest BCUT2D eigenvalue weighted by Gasteiger charge is -2.16. The number of fused-ring (bicyclic) bond motifs is 1. The first-order chi connectivity index (χ1) is 12.1. The summed E-state index contributed by atoms with van der Waals surface area (Å²) in [5.74, 6) is 0. The predicted octanol–water partition coefficient (Wildman–Crippen LogP) is 0.0969. The number of nitrogens with zero attached hydrogens (tertiary/aromatic N) is 1. The summed E-state index contributed by atoms with van der Waals surface area (Å²) in [4.78, 5) is 13.7. The zero-order valence-electron chi connectivity index (χ0n) is 15.1. The van der Waals surface area contributed by atoms with Gasteiger partial charge in [0.2, 0.25) is 0 Å². The lowest BCUT2D eigenvalue weighted by atomic mass is 10.1. The number of ether oxygens (including phenoxy) is 3. The summed E-state index contributed by atoms with van der Waals surface area (Å²) in [6.45, 7) is 4.28. The van der Waals surface area contributed by atoms with Crippen LogP contribution in [0.5, 0.6) is 0 Å². The Kier molecular flexibility index (Phi) is 5.78. The molecule has 138 valence electrons. The number of carbonyl (C=O) groups excluding carboxylic acids is 1. The van der Waals surface area contributed by atoms with E-state index in [0.717, 1.165) is 6.54 Å². The fourth-order valence-electron chi connectivity index (χ4n) is 3.34. The molecule has 1 aromatic rings. The Bertz CT molecular complexity index is 578. The van der Waals surface area contributed by atoms with Crippen molar-refractivity contribution in [2.75, 3.05) is 38.8 Å². The third-order valence-electron chi connectivity index (χ3n) is 4.73. The van der Waals surface area contributed by atoms with Crippen molar-refractivity contribution in [3.05, 3.63) is 29.8 Å². The number of hydrogen-bond donors (Lipinski definition) is 2. The summed E-state index contributed by atoms with van der Waals surface area (Å²) in [6, 6.07) is 8.77. The summed E-state index contributed by atoms with van der Waals surface area (Å²) < 4.78 is 17.1. The number of amides is 1. The molecule has 0 radical (unpaired) electrons. The van der Waals surface area contributed by atoms with Gasteiger partial charge in [-0.25, -0.2) is 4.79 Å². The number of anilines is 1. The number of alkyl carbamates (subject to hydrolysis) is 1. The van der Waals surface area contributed by atoms with Gasteiger partial charge in [-0.15, -0.1) is 0 Å². The van der Waals surface area contributed by atoms with Crippen LogP contribution in [0.2, 0.25) is 0 Å². The molecule has 0 bridgehead atoms. The monoisotopic (exact) mass is 350 g/mol. The smallest absolute Gasteiger partial charge is 0.407 e. The van der Waals surface area contributed by atoms with E-state index in [0.29, 0.717) is 19.8 Å². The van der Waals surface area contributed by atoms with Crippen molar-refractivity contribution in [3.63, 3.8) is 0 Å². The van der Waals surface area contributed by atoms with Gasteiger partial charge in [-0.3, -0.25) is 0 Å². The third kappa shape index (κ3) is 4.23. The number of hydrogen-bond acceptors (Lipinski definition) is 5. The second kappa shape index (κ2) is 8.03. The maximum absolute atomic E-state index is 11.6. The Morgan fingerprint density at radius 1 is 1.24 bits per heavy atom. The van der Waals surface area contributed by atoms with Gasteiger partial charge in [-0.1, -0.05) is 12.1 Å². The fraction of sp³-hybridized carbons (Fsp3) is 0.611. The van der Waals surface area contributed by atoms with Crippen molar-refractivity contribution in [3.8, 4) is 0 Å². The topological polar surface area (TPSA) is 76.6 Å². The number of nitrogens with one attached hydrogen (secondary N) is 1. The molecule has 0 aliphatic carbocycles. The van der Waals surface area contributed by atoms with E-state index in [9.17, 15) is 4.79 Å². The Balaban J connectivity index is 1.50. The summed E-state index contributed by atoms with van der Waals surface area (Å²) >= 11 is 0. The molecule has 3 N–H and O–H groups in total. The van der Waals surface area contributed by atoms with Crippen molar-refractivity contribution in [2.24, 2.45) is 0 Å². The molecule has 1 amide bonds. The van der Waals surface area contributed by atoms with Gasteiger partial charge in [0.1, 0.15) is 31.4 Å². The highest BCUT2D eigenvalue weighted by atomic mass is 16.6. The molecule has 2 fully saturated rings. The lowest BCUT2D eigenvalue weighted by Crippen LogP contribution is -2.91. The van der Waals surface area contributed by atoms with Crippen LogP contribution >= 0.6 is 0 Å². The molecule has 2 saturated heterocycles. The molecule has 3 rings (SSSR count). The van der Waals surface area contributed by atoms with Crippen LogP contribution in [-0.4, -0.2) is 64.3 Å². The van der Waals surface area contributed by atoms with Crippen molar-refractivity contribution in [1.29, 1.82) is 0 Å². The highest BCUT2D eigenvalue weighted by Crippen LogP contribution is 2.27. The standard InChI is InChI=1S/C18H27N3O4/c1-4-19-18(22)25-15-11-24-16-14(10-23-17(15)16)20-9-12-5-7-13(8-6-12)21(2)3/h5-8,14-17,20H,4,9-11H2,1-3H3,(H,19,22)/p+1/t14-,15+,16+,17+/m0/s1. The fourth-order valence-corrected chi connectivity index (χ4v) is 3.34. The molecule has 25 heavy (non-hydrogen) atoms. The number of quaternary nitrogens is 1. The summed E-state index contributed by atoms with van der Waals surface area (Å²) in [6.07, 6.45) is -0.927. The molecule has 0 saturated carbocycles. The average molecular weight is 350 g/mol. The van der Waals surface area contributed by atoms with E-state index < -0.39 is 6.09 Å². The summed E-state index contributed by atoms with van der Waals surface area (Å²) in [5.41, 5.74) is 2.46. The molecule has 2 aliphatic rings. The lowest BCUT2D eigenvalue weighted by molar-refractivity contribution is -0.707. The van der Waals surface area contributed by atoms with Gasteiger partial charge in [-0.05, 0) is 19.1 Å². The molecule has 4 atom stereocenters. The molecule has 0 unspecified atom stereocenters. The number of nitrogens with two attached hydrogens (primary N) is 1. The summed E-state index contributed by atoms with van der Waals surface area (Å²) in [7, 11) is 4.07. The van der Waals surface area contributed by atoms with Crippen LogP contribution in [0.25, 0.3) is 0 Å². The Hall–Kier alpha value is -1.83. The highest BCUT2D eigenvalue weighted by Gasteiger charge is 2.51. The van der Waals surface area contributed by atoms with Crippen LogP contribution in [0.15, 0.2) is 24.3 Å². The van der Waals surface area contributed by atoms with Gasteiger partial charge >= 0.3 is 6.09 Å². The van der Waals surface area contributed by atoms with Crippen molar-refractivity contribution in [2.45, 2.75) is 37.8 Å². The second-order valence-corrected chi connectivity index (χ2v) is 6.73. The molecule has 7 heteroatoms. The molecule has 2 aliphatic heterocycles. The maximum Gasteiger partial charge on any atom is 0.407 e. The van der Waals surface area contributed by atoms with Crippen LogP contribution in [0.4, 0.5) is 10.5 Å². The normalized spacial score (nSPS) is 27.8. The SMILES string of the molecule is CCNC(=O)O[C@@H]1CO[C@H]2[C@@H]1OC[C@@H]2[NH2+]Cc1ccc(N(C)C)cc1. The molecular weight excluding hydrogens is 322 g/mol. The Morgan fingerprint density at radius 2 is 1.96 bits per heavy atom. The average Bonchev–Trinajstić information content (AvgIpc) is 3.17. The third-order valence-corrected chi connectivity index (χ3v) is 4.73. The molecule has 0 spiro atoms. The van der Waals surface area contributed by atoms with Gasteiger partial charge in [-0.2, -0.15) is 0 Å². The van der Waals surface area contributed by atoms with E-state index in [4.69, 9.17) is 14.2 Å². The van der Waals surface area contributed by atoms with E-state index in [1.165, 1.54) is 11.3 Å². The van der Waals surface area contributed by atoms with Crippen molar-refractivity contribution < 1.29 is 24.3 Å². The Morgan fingerprint density at radius 3 is 2.64 bits per heavy atom. The molecule has 1 aromatic carbocycles. The van der Waals surface area contributed by atoms with E-state index in [2.05, 4.69) is 39.8 Å². The van der Waals surface area contributed by atoms with Crippen molar-refractivity contribution >= 4 is 11.8 Å². The quantitative estimate of drug-likeness (QED) is 0.761. The van der Waals surface area contributed by atoms with Crippen LogP contribution in [0.1, 0.15) is 12.5 Å². The van der Waals surface area contributed by atoms with E-state index in [1.54, 1.807) is 0 Å². The van der Waals surface area contributed by atoms with Crippen LogP contribution in [0.3, 0.4) is 0 Å². The molecule has 0 aromatic heterocycles. The first-order valence-corrected chi connectivity index (χ1v) is 8.85. The molecule has 2 heterocycles. The predicted molar refractivity (Wildman–Crippen MR) is 93.6 cm³/mol. The minimum Gasteiger partial charge on any atom is -0.441 e. The highest BCUT2D eigenvalue weighted by molar-refractivity contribution is 5.67. The van der Waals surface area contributed by atoms with E-state index in [-0.39, 0.29) is 24.4 Å². The number of rotatable bonds is 6. The molecule has 7 nitrogen and oxygen atoms in total. The van der Waals surface area contributed by atoms with Gasteiger partial charge in [0.25, 0.3) is 0 Å². The van der Waals surface area contributed by atoms with Crippen molar-refractivity contribution in [1.82, 2.24) is 5.32 Å². The maximum atomic E-state index is 11.6. The minimum atomic E-state index is -0.409. The van der Waals surface area contributed by atoms with Gasteiger partial charge in [0.05, 0.1) is 6.61 Å². The largest absolute Gasteiger partial charge is 0.441 e. The zero-order chi connectivity index (χ0) is 17.8.